The van der Waals surface area contributed by atoms with Gasteiger partial charge in [0.25, 0.3) is 11.8 Å². The van der Waals surface area contributed by atoms with E-state index in [1.807, 2.05) is 18.2 Å². The summed E-state index contributed by atoms with van der Waals surface area (Å²) in [6, 6.07) is 14.6. The van der Waals surface area contributed by atoms with Crippen LogP contribution in [0.5, 0.6) is 11.5 Å². The number of amides is 4. The second-order valence-corrected chi connectivity index (χ2v) is 8.99. The van der Waals surface area contributed by atoms with E-state index in [1.54, 1.807) is 18.2 Å². The van der Waals surface area contributed by atoms with Crippen LogP contribution in [0.3, 0.4) is 0 Å². The number of urea groups is 1. The molecule has 37 heavy (non-hydrogen) atoms. The number of anilines is 1. The first-order valence-electron chi connectivity index (χ1n) is 10.7. The van der Waals surface area contributed by atoms with Crippen molar-refractivity contribution >= 4 is 63.1 Å². The first kappa shape index (κ1) is 25.9. The summed E-state index contributed by atoms with van der Waals surface area (Å²) >= 11 is 9.64. The van der Waals surface area contributed by atoms with Crippen molar-refractivity contribution in [2.75, 3.05) is 12.0 Å². The van der Waals surface area contributed by atoms with Crippen molar-refractivity contribution in [1.82, 2.24) is 5.32 Å². The van der Waals surface area contributed by atoms with Crippen molar-refractivity contribution in [1.29, 1.82) is 0 Å². The Hall–Kier alpha value is -4.15. The third kappa shape index (κ3) is 5.50. The molecule has 1 fully saturated rings. The maximum Gasteiger partial charge on any atom is 0.335 e. The van der Waals surface area contributed by atoms with E-state index in [4.69, 9.17) is 26.2 Å². The topological polar surface area (TPSA) is 122 Å². The van der Waals surface area contributed by atoms with E-state index < -0.39 is 23.8 Å². The number of barbiturate groups is 1. The number of carboxylic acids is 1. The second kappa shape index (κ2) is 10.9. The van der Waals surface area contributed by atoms with Gasteiger partial charge in [0.2, 0.25) is 0 Å². The summed E-state index contributed by atoms with van der Waals surface area (Å²) in [6.45, 7) is 0.174. The summed E-state index contributed by atoms with van der Waals surface area (Å²) in [7, 11) is 1.45. The zero-order chi connectivity index (χ0) is 26.7. The van der Waals surface area contributed by atoms with Gasteiger partial charge in [-0.15, -0.1) is 0 Å². The molecule has 0 aliphatic carbocycles. The number of nitrogens with zero attached hydrogens (tertiary/aromatic N) is 1. The lowest BCUT2D eigenvalue weighted by Gasteiger charge is -2.26. The molecule has 1 aliphatic rings. The molecule has 3 aromatic carbocycles. The minimum absolute atomic E-state index is 0.0192. The molecule has 0 unspecified atom stereocenters. The molecule has 1 aliphatic heterocycles. The molecule has 0 bridgehead atoms. The Morgan fingerprint density at radius 3 is 2.46 bits per heavy atom. The van der Waals surface area contributed by atoms with E-state index >= 15 is 0 Å². The van der Waals surface area contributed by atoms with Crippen molar-refractivity contribution < 1.29 is 33.8 Å². The fourth-order valence-electron chi connectivity index (χ4n) is 3.54. The quantitative estimate of drug-likeness (QED) is 0.294. The SMILES string of the molecule is COc1cc(/C=C2\C(=O)NC(=O)N(c3ccc(C(=O)O)cc3)C2=O)cc(Br)c1OCc1ccccc1Cl. The highest BCUT2D eigenvalue weighted by atomic mass is 79.9. The number of benzene rings is 3. The third-order valence-electron chi connectivity index (χ3n) is 5.37. The van der Waals surface area contributed by atoms with Crippen LogP contribution in [0.4, 0.5) is 10.5 Å². The summed E-state index contributed by atoms with van der Waals surface area (Å²) in [5.74, 6) is -2.18. The number of hydrogen-bond donors (Lipinski definition) is 2. The highest BCUT2D eigenvalue weighted by molar-refractivity contribution is 9.10. The van der Waals surface area contributed by atoms with E-state index in [-0.39, 0.29) is 23.4 Å². The maximum absolute atomic E-state index is 13.1. The zero-order valence-electron chi connectivity index (χ0n) is 19.2. The summed E-state index contributed by atoms with van der Waals surface area (Å²) in [5, 5.41) is 11.8. The number of ether oxygens (including phenoxy) is 2. The molecule has 3 aromatic rings. The summed E-state index contributed by atoms with van der Waals surface area (Å²) in [4.78, 5) is 50.0. The van der Waals surface area contributed by atoms with Gasteiger partial charge in [0.15, 0.2) is 11.5 Å². The van der Waals surface area contributed by atoms with Crippen LogP contribution in [-0.2, 0) is 16.2 Å². The standard InChI is InChI=1S/C26H18BrClN2O7/c1-36-21-12-14(11-19(27)22(21)37-13-16-4-2-3-5-20(16)28)10-18-23(31)29-26(35)30(24(18)32)17-8-6-15(7-9-17)25(33)34/h2-12H,13H2,1H3,(H,33,34)(H,29,31,35)/b18-10+. The van der Waals surface area contributed by atoms with Gasteiger partial charge in [-0.25, -0.2) is 14.5 Å². The van der Waals surface area contributed by atoms with Gasteiger partial charge in [-0.3, -0.25) is 14.9 Å². The number of carboxylic acid groups (broad SMARTS) is 1. The monoisotopic (exact) mass is 584 g/mol. The van der Waals surface area contributed by atoms with Crippen LogP contribution in [0.15, 0.2) is 70.7 Å². The molecule has 2 N–H and O–H groups in total. The Morgan fingerprint density at radius 2 is 1.81 bits per heavy atom. The van der Waals surface area contributed by atoms with E-state index in [1.165, 1.54) is 37.5 Å². The van der Waals surface area contributed by atoms with Gasteiger partial charge in [-0.05, 0) is 70.0 Å². The number of carbonyl (C=O) groups is 4. The minimum atomic E-state index is -1.16. The maximum atomic E-state index is 13.1. The van der Waals surface area contributed by atoms with Crippen molar-refractivity contribution in [3.8, 4) is 11.5 Å². The van der Waals surface area contributed by atoms with Crippen LogP contribution in [0.2, 0.25) is 5.02 Å². The Kier molecular flexibility index (Phi) is 7.61. The van der Waals surface area contributed by atoms with Crippen LogP contribution in [-0.4, -0.2) is 36.0 Å². The van der Waals surface area contributed by atoms with Crippen LogP contribution >= 0.6 is 27.5 Å². The lowest BCUT2D eigenvalue weighted by Crippen LogP contribution is -2.54. The molecule has 1 heterocycles. The zero-order valence-corrected chi connectivity index (χ0v) is 21.5. The van der Waals surface area contributed by atoms with Crippen molar-refractivity contribution in [2.24, 2.45) is 0 Å². The predicted octanol–water partition coefficient (Wildman–Crippen LogP) is 5.05. The highest BCUT2D eigenvalue weighted by Crippen LogP contribution is 2.38. The number of hydrogen-bond acceptors (Lipinski definition) is 6. The molecule has 0 radical (unpaired) electrons. The van der Waals surface area contributed by atoms with Crippen molar-refractivity contribution in [3.05, 3.63) is 92.4 Å². The number of nitrogens with one attached hydrogen (secondary N) is 1. The van der Waals surface area contributed by atoms with E-state index in [0.29, 0.717) is 26.6 Å². The van der Waals surface area contributed by atoms with Crippen LogP contribution in [0.25, 0.3) is 6.08 Å². The fraction of sp³-hybridized carbons (Fsp3) is 0.0769. The molecule has 0 atom stereocenters. The van der Waals surface area contributed by atoms with Gasteiger partial charge in [0.05, 0.1) is 22.8 Å². The molecule has 9 nitrogen and oxygen atoms in total. The Balaban J connectivity index is 1.64. The normalized spacial score (nSPS) is 14.5. The number of aromatic carboxylic acids is 1. The molecular weight excluding hydrogens is 568 g/mol. The molecule has 1 saturated heterocycles. The number of carbonyl (C=O) groups excluding carboxylic acids is 3. The van der Waals surface area contributed by atoms with Gasteiger partial charge in [-0.1, -0.05) is 29.8 Å². The average molecular weight is 586 g/mol. The van der Waals surface area contributed by atoms with E-state index in [0.717, 1.165) is 10.5 Å². The molecule has 4 amide bonds. The average Bonchev–Trinajstić information content (AvgIpc) is 2.86. The summed E-state index contributed by atoms with van der Waals surface area (Å²) < 4.78 is 11.9. The van der Waals surface area contributed by atoms with Gasteiger partial charge >= 0.3 is 12.0 Å². The molecule has 0 saturated carbocycles. The van der Waals surface area contributed by atoms with Crippen molar-refractivity contribution in [2.45, 2.75) is 6.61 Å². The molecule has 4 rings (SSSR count). The van der Waals surface area contributed by atoms with Crippen LogP contribution < -0.4 is 19.7 Å². The van der Waals surface area contributed by atoms with E-state index in [2.05, 4.69) is 21.2 Å². The predicted molar refractivity (Wildman–Crippen MR) is 139 cm³/mol. The number of halogens is 2. The number of imide groups is 2. The molecule has 11 heteroatoms. The van der Waals surface area contributed by atoms with Gasteiger partial charge < -0.3 is 14.6 Å². The minimum Gasteiger partial charge on any atom is -0.493 e. The molecule has 0 aromatic heterocycles. The lowest BCUT2D eigenvalue weighted by molar-refractivity contribution is -0.122. The van der Waals surface area contributed by atoms with Crippen molar-refractivity contribution in [3.63, 3.8) is 0 Å². The summed E-state index contributed by atoms with van der Waals surface area (Å²) in [6.07, 6.45) is 1.31. The Bertz CT molecular complexity index is 1450. The van der Waals surface area contributed by atoms with Gasteiger partial charge in [0, 0.05) is 10.6 Å². The molecule has 188 valence electrons. The fourth-order valence-corrected chi connectivity index (χ4v) is 4.30. The van der Waals surface area contributed by atoms with Gasteiger partial charge in [0.1, 0.15) is 12.2 Å². The lowest BCUT2D eigenvalue weighted by atomic mass is 10.1. The first-order chi connectivity index (χ1) is 17.7. The second-order valence-electron chi connectivity index (χ2n) is 7.72. The van der Waals surface area contributed by atoms with Crippen LogP contribution in [0.1, 0.15) is 21.5 Å². The third-order valence-corrected chi connectivity index (χ3v) is 6.32. The van der Waals surface area contributed by atoms with Gasteiger partial charge in [-0.2, -0.15) is 0 Å². The highest BCUT2D eigenvalue weighted by Gasteiger charge is 2.37. The first-order valence-corrected chi connectivity index (χ1v) is 11.8. The molecule has 0 spiro atoms. The van der Waals surface area contributed by atoms with Crippen LogP contribution in [0, 0.1) is 0 Å². The largest absolute Gasteiger partial charge is 0.493 e. The molecular formula is C26H18BrClN2O7. The number of rotatable bonds is 7. The summed E-state index contributed by atoms with van der Waals surface area (Å²) in [5.41, 5.74) is 0.973. The Labute approximate surface area is 224 Å². The number of methoxy groups -OCH3 is 1. The smallest absolute Gasteiger partial charge is 0.335 e. The van der Waals surface area contributed by atoms with E-state index in [9.17, 15) is 19.2 Å². The Morgan fingerprint density at radius 1 is 1.11 bits per heavy atom.